The van der Waals surface area contributed by atoms with Gasteiger partial charge in [-0.15, -0.1) is 0 Å². The summed E-state index contributed by atoms with van der Waals surface area (Å²) in [5, 5.41) is 5.87. The number of carbonyl (C=O) groups excluding carboxylic acids is 2. The van der Waals surface area contributed by atoms with Crippen molar-refractivity contribution in [1.29, 1.82) is 0 Å². The SMILES string of the molecule is Cc1ccc(NC(=O)C2CC2)cc1NC(=O)N1C[C@H](C)O[C@@H](C)C1. The lowest BCUT2D eigenvalue weighted by molar-refractivity contribution is -0.117. The third kappa shape index (κ3) is 4.06. The maximum Gasteiger partial charge on any atom is 0.322 e. The molecule has 1 saturated heterocycles. The summed E-state index contributed by atoms with van der Waals surface area (Å²) in [7, 11) is 0. The fraction of sp³-hybridized carbons (Fsp3) is 0.556. The molecule has 3 amide bonds. The molecule has 1 aromatic carbocycles. The van der Waals surface area contributed by atoms with Crippen LogP contribution in [-0.2, 0) is 9.53 Å². The van der Waals surface area contributed by atoms with Gasteiger partial charge >= 0.3 is 6.03 Å². The highest BCUT2D eigenvalue weighted by Crippen LogP contribution is 2.31. The van der Waals surface area contributed by atoms with Gasteiger partial charge in [0.15, 0.2) is 0 Å². The van der Waals surface area contributed by atoms with Crippen LogP contribution in [0, 0.1) is 12.8 Å². The number of urea groups is 1. The summed E-state index contributed by atoms with van der Waals surface area (Å²) in [6.45, 7) is 7.03. The Hall–Kier alpha value is -2.08. The molecule has 6 heteroatoms. The Kier molecular flexibility index (Phi) is 4.76. The molecule has 130 valence electrons. The van der Waals surface area contributed by atoms with E-state index < -0.39 is 0 Å². The van der Waals surface area contributed by atoms with Gasteiger partial charge in [0, 0.05) is 30.4 Å². The summed E-state index contributed by atoms with van der Waals surface area (Å²) < 4.78 is 5.66. The summed E-state index contributed by atoms with van der Waals surface area (Å²) in [6, 6.07) is 5.46. The monoisotopic (exact) mass is 331 g/mol. The minimum Gasteiger partial charge on any atom is -0.372 e. The van der Waals surface area contributed by atoms with E-state index in [-0.39, 0.29) is 30.1 Å². The number of hydrogen-bond acceptors (Lipinski definition) is 3. The van der Waals surface area contributed by atoms with E-state index in [0.29, 0.717) is 13.1 Å². The highest BCUT2D eigenvalue weighted by molar-refractivity contribution is 5.96. The first kappa shape index (κ1) is 16.8. The van der Waals surface area contributed by atoms with E-state index in [1.165, 1.54) is 0 Å². The normalized spacial score (nSPS) is 23.7. The summed E-state index contributed by atoms with van der Waals surface area (Å²) in [5.74, 6) is 0.215. The highest BCUT2D eigenvalue weighted by atomic mass is 16.5. The molecule has 6 nitrogen and oxygen atoms in total. The second-order valence-electron chi connectivity index (χ2n) is 6.89. The molecule has 2 aliphatic rings. The molecule has 1 aliphatic heterocycles. The van der Waals surface area contributed by atoms with Crippen LogP contribution in [0.4, 0.5) is 16.2 Å². The first-order valence-corrected chi connectivity index (χ1v) is 8.55. The summed E-state index contributed by atoms with van der Waals surface area (Å²) >= 11 is 0. The zero-order valence-corrected chi connectivity index (χ0v) is 14.5. The maximum atomic E-state index is 12.5. The topological polar surface area (TPSA) is 70.7 Å². The molecule has 1 aliphatic carbocycles. The van der Waals surface area contributed by atoms with Gasteiger partial charge in [0.05, 0.1) is 12.2 Å². The van der Waals surface area contributed by atoms with E-state index in [9.17, 15) is 9.59 Å². The first-order chi connectivity index (χ1) is 11.4. The quantitative estimate of drug-likeness (QED) is 0.894. The summed E-state index contributed by atoms with van der Waals surface area (Å²) in [4.78, 5) is 26.2. The van der Waals surface area contributed by atoms with E-state index in [0.717, 1.165) is 29.8 Å². The van der Waals surface area contributed by atoms with Gasteiger partial charge in [-0.1, -0.05) is 6.07 Å². The van der Waals surface area contributed by atoms with Crippen LogP contribution in [0.5, 0.6) is 0 Å². The number of hydrogen-bond donors (Lipinski definition) is 2. The second-order valence-corrected chi connectivity index (χ2v) is 6.89. The van der Waals surface area contributed by atoms with Gasteiger partial charge < -0.3 is 20.3 Å². The fourth-order valence-corrected chi connectivity index (χ4v) is 2.96. The van der Waals surface area contributed by atoms with E-state index in [1.54, 1.807) is 4.90 Å². The van der Waals surface area contributed by atoms with Crippen LogP contribution in [0.3, 0.4) is 0 Å². The Morgan fingerprint density at radius 2 is 1.79 bits per heavy atom. The lowest BCUT2D eigenvalue weighted by atomic mass is 10.1. The predicted octanol–water partition coefficient (Wildman–Crippen LogP) is 2.98. The number of anilines is 2. The van der Waals surface area contributed by atoms with Gasteiger partial charge in [-0.05, 0) is 51.3 Å². The smallest absolute Gasteiger partial charge is 0.322 e. The number of aryl methyl sites for hydroxylation is 1. The van der Waals surface area contributed by atoms with Crippen LogP contribution in [0.2, 0.25) is 0 Å². The molecule has 1 saturated carbocycles. The van der Waals surface area contributed by atoms with Crippen LogP contribution in [-0.4, -0.2) is 42.1 Å². The molecule has 0 unspecified atom stereocenters. The molecule has 0 radical (unpaired) electrons. The van der Waals surface area contributed by atoms with Crippen molar-refractivity contribution in [1.82, 2.24) is 4.90 Å². The minimum atomic E-state index is -0.134. The molecule has 2 fully saturated rings. The average Bonchev–Trinajstić information content (AvgIpc) is 3.34. The maximum absolute atomic E-state index is 12.5. The zero-order chi connectivity index (χ0) is 17.3. The Morgan fingerprint density at radius 1 is 1.12 bits per heavy atom. The molecule has 2 atom stereocenters. The van der Waals surface area contributed by atoms with Crippen molar-refractivity contribution in [2.75, 3.05) is 23.7 Å². The third-order valence-electron chi connectivity index (χ3n) is 4.40. The average molecular weight is 331 g/mol. The lowest BCUT2D eigenvalue weighted by Gasteiger charge is -2.35. The number of carbonyl (C=O) groups is 2. The van der Waals surface area contributed by atoms with Crippen molar-refractivity contribution >= 4 is 23.3 Å². The summed E-state index contributed by atoms with van der Waals surface area (Å²) in [5.41, 5.74) is 2.40. The van der Waals surface area contributed by atoms with E-state index in [1.807, 2.05) is 39.0 Å². The predicted molar refractivity (Wildman–Crippen MR) is 93.1 cm³/mol. The summed E-state index contributed by atoms with van der Waals surface area (Å²) in [6.07, 6.45) is 2.00. The highest BCUT2D eigenvalue weighted by Gasteiger charge is 2.30. The van der Waals surface area contributed by atoms with Gasteiger partial charge in [0.25, 0.3) is 0 Å². The van der Waals surface area contributed by atoms with E-state index in [4.69, 9.17) is 4.74 Å². The zero-order valence-electron chi connectivity index (χ0n) is 14.5. The molecule has 2 N–H and O–H groups in total. The number of rotatable bonds is 3. The fourth-order valence-electron chi connectivity index (χ4n) is 2.96. The van der Waals surface area contributed by atoms with Crippen molar-refractivity contribution in [3.05, 3.63) is 23.8 Å². The minimum absolute atomic E-state index is 0.0322. The van der Waals surface area contributed by atoms with E-state index >= 15 is 0 Å². The van der Waals surface area contributed by atoms with Gasteiger partial charge in [0.1, 0.15) is 0 Å². The standard InChI is InChI=1S/C18H25N3O3/c1-11-4-7-15(19-17(22)14-5-6-14)8-16(11)20-18(23)21-9-12(2)24-13(3)10-21/h4,7-8,12-14H,5-6,9-10H2,1-3H3,(H,19,22)(H,20,23)/t12-,13-/m0/s1. The number of ether oxygens (including phenoxy) is 1. The Morgan fingerprint density at radius 3 is 2.42 bits per heavy atom. The second kappa shape index (κ2) is 6.81. The Labute approximate surface area is 142 Å². The lowest BCUT2D eigenvalue weighted by Crippen LogP contribution is -2.49. The van der Waals surface area contributed by atoms with Crippen molar-refractivity contribution in [3.8, 4) is 0 Å². The molecule has 24 heavy (non-hydrogen) atoms. The largest absolute Gasteiger partial charge is 0.372 e. The van der Waals surface area contributed by atoms with Crippen LogP contribution < -0.4 is 10.6 Å². The number of nitrogens with zero attached hydrogens (tertiary/aromatic N) is 1. The van der Waals surface area contributed by atoms with Crippen LogP contribution >= 0.6 is 0 Å². The molecular weight excluding hydrogens is 306 g/mol. The van der Waals surface area contributed by atoms with Crippen LogP contribution in [0.25, 0.3) is 0 Å². The molecular formula is C18H25N3O3. The number of benzene rings is 1. The third-order valence-corrected chi connectivity index (χ3v) is 4.40. The Bertz CT molecular complexity index is 632. The molecule has 1 aromatic rings. The molecule has 0 spiro atoms. The van der Waals surface area contributed by atoms with Gasteiger partial charge in [0.2, 0.25) is 5.91 Å². The van der Waals surface area contributed by atoms with Crippen LogP contribution in [0.1, 0.15) is 32.3 Å². The van der Waals surface area contributed by atoms with Gasteiger partial charge in [-0.2, -0.15) is 0 Å². The molecule has 1 heterocycles. The number of amides is 3. The number of morpholine rings is 1. The van der Waals surface area contributed by atoms with Crippen molar-refractivity contribution in [2.45, 2.75) is 45.8 Å². The molecule has 3 rings (SSSR count). The molecule has 0 bridgehead atoms. The van der Waals surface area contributed by atoms with Crippen LogP contribution in [0.15, 0.2) is 18.2 Å². The van der Waals surface area contributed by atoms with Gasteiger partial charge in [-0.3, -0.25) is 4.79 Å². The van der Waals surface area contributed by atoms with Crippen molar-refractivity contribution in [3.63, 3.8) is 0 Å². The van der Waals surface area contributed by atoms with Crippen molar-refractivity contribution in [2.24, 2.45) is 5.92 Å². The Balaban J connectivity index is 1.66. The number of nitrogens with one attached hydrogen (secondary N) is 2. The van der Waals surface area contributed by atoms with Crippen molar-refractivity contribution < 1.29 is 14.3 Å². The van der Waals surface area contributed by atoms with E-state index in [2.05, 4.69) is 10.6 Å². The van der Waals surface area contributed by atoms with Gasteiger partial charge in [-0.25, -0.2) is 4.79 Å². The molecule has 0 aromatic heterocycles. The first-order valence-electron chi connectivity index (χ1n) is 8.55.